The molecule has 0 bridgehead atoms. The quantitative estimate of drug-likeness (QED) is 0.346. The van der Waals surface area contributed by atoms with Gasteiger partial charge in [-0.3, -0.25) is 4.79 Å². The topological polar surface area (TPSA) is 78.4 Å². The first-order chi connectivity index (χ1) is 16.0. The Kier molecular flexibility index (Phi) is 7.27. The molecule has 1 saturated heterocycles. The van der Waals surface area contributed by atoms with Gasteiger partial charge in [-0.2, -0.15) is 5.10 Å². The number of halogens is 1. The predicted octanol–water partition coefficient (Wildman–Crippen LogP) is 4.79. The summed E-state index contributed by atoms with van der Waals surface area (Å²) in [6.07, 6.45) is 1.61. The second-order valence-electron chi connectivity index (χ2n) is 7.76. The fourth-order valence-corrected chi connectivity index (χ4v) is 4.27. The third-order valence-electron chi connectivity index (χ3n) is 5.29. The number of amides is 1. The van der Waals surface area contributed by atoms with Crippen LogP contribution in [0.25, 0.3) is 10.8 Å². The number of hydrogen-bond acceptors (Lipinski definition) is 6. The van der Waals surface area contributed by atoms with Crippen molar-refractivity contribution in [3.8, 4) is 11.5 Å². The van der Waals surface area contributed by atoms with Crippen LogP contribution >= 0.6 is 15.9 Å². The Bertz CT molecular complexity index is 1170. The van der Waals surface area contributed by atoms with Crippen molar-refractivity contribution >= 4 is 38.8 Å². The van der Waals surface area contributed by atoms with Gasteiger partial charge in [0.05, 0.1) is 37.4 Å². The summed E-state index contributed by atoms with van der Waals surface area (Å²) in [5, 5.41) is 6.35. The van der Waals surface area contributed by atoms with E-state index in [0.29, 0.717) is 31.3 Å². The van der Waals surface area contributed by atoms with Gasteiger partial charge in [-0.1, -0.05) is 42.5 Å². The summed E-state index contributed by atoms with van der Waals surface area (Å²) < 4.78 is 23.3. The van der Waals surface area contributed by atoms with E-state index in [1.165, 1.54) is 5.39 Å². The van der Waals surface area contributed by atoms with Crippen LogP contribution in [0.5, 0.6) is 11.5 Å². The van der Waals surface area contributed by atoms with Gasteiger partial charge in [-0.15, -0.1) is 0 Å². The molecule has 1 heterocycles. The van der Waals surface area contributed by atoms with Gasteiger partial charge in [0, 0.05) is 0 Å². The third-order valence-corrected chi connectivity index (χ3v) is 5.88. The molecular weight excluding hydrogens is 488 g/mol. The number of methoxy groups -OCH3 is 1. The van der Waals surface area contributed by atoms with Crippen LogP contribution in [-0.2, 0) is 20.9 Å². The highest BCUT2D eigenvalue weighted by atomic mass is 79.9. The average Bonchev–Trinajstić information content (AvgIpc) is 3.23. The summed E-state index contributed by atoms with van der Waals surface area (Å²) in [6, 6.07) is 18.0. The lowest BCUT2D eigenvalue weighted by molar-refractivity contribution is -0.159. The van der Waals surface area contributed by atoms with Gasteiger partial charge < -0.3 is 18.9 Å². The molecule has 0 aliphatic carbocycles. The molecule has 1 aliphatic heterocycles. The zero-order valence-electron chi connectivity index (χ0n) is 18.5. The maximum Gasteiger partial charge on any atom is 0.245 e. The molecule has 3 aromatic rings. The summed E-state index contributed by atoms with van der Waals surface area (Å²) in [7, 11) is 1.58. The Morgan fingerprint density at radius 3 is 2.73 bits per heavy atom. The van der Waals surface area contributed by atoms with E-state index < -0.39 is 5.79 Å². The van der Waals surface area contributed by atoms with Crippen LogP contribution in [-0.4, -0.2) is 38.2 Å². The molecule has 1 fully saturated rings. The average molecular weight is 513 g/mol. The lowest BCUT2D eigenvalue weighted by Crippen LogP contribution is -2.33. The second-order valence-corrected chi connectivity index (χ2v) is 8.62. The molecule has 3 aromatic carbocycles. The van der Waals surface area contributed by atoms with E-state index in [2.05, 4.69) is 50.7 Å². The minimum absolute atomic E-state index is 0.0678. The van der Waals surface area contributed by atoms with E-state index >= 15 is 0 Å². The molecule has 0 saturated carbocycles. The van der Waals surface area contributed by atoms with E-state index in [0.717, 1.165) is 21.0 Å². The van der Waals surface area contributed by atoms with Gasteiger partial charge in [0.2, 0.25) is 5.91 Å². The minimum Gasteiger partial charge on any atom is -0.493 e. The third kappa shape index (κ3) is 5.71. The van der Waals surface area contributed by atoms with Gasteiger partial charge >= 0.3 is 0 Å². The molecule has 172 valence electrons. The molecule has 8 heteroatoms. The van der Waals surface area contributed by atoms with Crippen molar-refractivity contribution in [1.82, 2.24) is 5.43 Å². The van der Waals surface area contributed by atoms with E-state index in [9.17, 15) is 4.79 Å². The van der Waals surface area contributed by atoms with Crippen LogP contribution in [0, 0.1) is 0 Å². The van der Waals surface area contributed by atoms with Crippen molar-refractivity contribution in [2.24, 2.45) is 5.10 Å². The number of carbonyl (C=O) groups excluding carboxylic acids is 1. The summed E-state index contributed by atoms with van der Waals surface area (Å²) >= 11 is 3.56. The summed E-state index contributed by atoms with van der Waals surface area (Å²) in [4.78, 5) is 12.1. The van der Waals surface area contributed by atoms with Gasteiger partial charge in [0.25, 0.3) is 0 Å². The van der Waals surface area contributed by atoms with Crippen LogP contribution < -0.4 is 14.9 Å². The Balaban J connectivity index is 1.43. The predicted molar refractivity (Wildman–Crippen MR) is 130 cm³/mol. The molecular formula is C25H25BrN2O5. The smallest absolute Gasteiger partial charge is 0.245 e. The van der Waals surface area contributed by atoms with Crippen molar-refractivity contribution in [1.29, 1.82) is 0 Å². The fraction of sp³-hybridized carbons (Fsp3) is 0.280. The Morgan fingerprint density at radius 1 is 1.18 bits per heavy atom. The van der Waals surface area contributed by atoms with E-state index in [4.69, 9.17) is 18.9 Å². The molecule has 7 nitrogen and oxygen atoms in total. The first kappa shape index (κ1) is 23.2. The largest absolute Gasteiger partial charge is 0.493 e. The van der Waals surface area contributed by atoms with Crippen LogP contribution in [0.4, 0.5) is 0 Å². The van der Waals surface area contributed by atoms with Crippen molar-refractivity contribution in [2.75, 3.05) is 20.3 Å². The number of nitrogens with one attached hydrogen (secondary N) is 1. The number of benzene rings is 3. The van der Waals surface area contributed by atoms with Crippen molar-refractivity contribution < 1.29 is 23.7 Å². The van der Waals surface area contributed by atoms with E-state index in [1.807, 2.05) is 24.3 Å². The van der Waals surface area contributed by atoms with Crippen LogP contribution in [0.1, 0.15) is 24.5 Å². The van der Waals surface area contributed by atoms with E-state index in [-0.39, 0.29) is 12.3 Å². The molecule has 1 aliphatic rings. The maximum atomic E-state index is 12.1. The Hall–Kier alpha value is -2.94. The number of ether oxygens (including phenoxy) is 4. The molecule has 1 amide bonds. The van der Waals surface area contributed by atoms with Crippen LogP contribution in [0.3, 0.4) is 0 Å². The van der Waals surface area contributed by atoms with E-state index in [1.54, 1.807) is 26.3 Å². The number of carbonyl (C=O) groups is 1. The summed E-state index contributed by atoms with van der Waals surface area (Å²) in [5.41, 5.74) is 4.32. The molecule has 1 N–H and O–H groups in total. The SMILES string of the molecule is COc1cc(/C=N/NC(=O)CC2(C)OCCO2)cc(Br)c1OCc1cccc2ccccc12. The monoisotopic (exact) mass is 512 g/mol. The highest BCUT2D eigenvalue weighted by molar-refractivity contribution is 9.10. The molecule has 0 atom stereocenters. The highest BCUT2D eigenvalue weighted by Gasteiger charge is 2.33. The highest BCUT2D eigenvalue weighted by Crippen LogP contribution is 2.37. The lowest BCUT2D eigenvalue weighted by atomic mass is 10.1. The number of hydrogen-bond donors (Lipinski definition) is 1. The summed E-state index contributed by atoms with van der Waals surface area (Å²) in [6.45, 7) is 3.09. The van der Waals surface area contributed by atoms with Gasteiger partial charge in [0.15, 0.2) is 17.3 Å². The normalized spacial score (nSPS) is 15.1. The lowest BCUT2D eigenvalue weighted by Gasteiger charge is -2.20. The summed E-state index contributed by atoms with van der Waals surface area (Å²) in [5.74, 6) is -0.0426. The zero-order valence-corrected chi connectivity index (χ0v) is 20.1. The molecule has 4 rings (SSSR count). The number of nitrogens with zero attached hydrogens (tertiary/aromatic N) is 1. The number of hydrazone groups is 1. The molecule has 0 aromatic heterocycles. The van der Waals surface area contributed by atoms with Gasteiger partial charge in [-0.25, -0.2) is 5.43 Å². The van der Waals surface area contributed by atoms with Gasteiger partial charge in [0.1, 0.15) is 6.61 Å². The van der Waals surface area contributed by atoms with Gasteiger partial charge in [-0.05, 0) is 56.9 Å². The molecule has 0 radical (unpaired) electrons. The molecule has 0 spiro atoms. The van der Waals surface area contributed by atoms with Crippen LogP contribution in [0.2, 0.25) is 0 Å². The van der Waals surface area contributed by atoms with Crippen molar-refractivity contribution in [3.05, 3.63) is 70.2 Å². The maximum absolute atomic E-state index is 12.1. The zero-order chi connectivity index (χ0) is 23.3. The fourth-order valence-electron chi connectivity index (χ4n) is 3.69. The number of rotatable bonds is 8. The number of fused-ring (bicyclic) bond motifs is 1. The first-order valence-corrected chi connectivity index (χ1v) is 11.3. The molecule has 0 unspecified atom stereocenters. The van der Waals surface area contributed by atoms with Crippen molar-refractivity contribution in [2.45, 2.75) is 25.7 Å². The second kappa shape index (κ2) is 10.3. The van der Waals surface area contributed by atoms with Crippen molar-refractivity contribution in [3.63, 3.8) is 0 Å². The Morgan fingerprint density at radius 2 is 1.94 bits per heavy atom. The molecule has 33 heavy (non-hydrogen) atoms. The standard InChI is InChI=1S/C25H25BrN2O5/c1-25(32-10-11-33-25)14-23(29)28-27-15-17-12-21(26)24(22(13-17)30-2)31-16-19-8-5-7-18-6-3-4-9-20(18)19/h3-9,12-13,15H,10-11,14,16H2,1-2H3,(H,28,29)/b27-15+. The minimum atomic E-state index is -0.894. The first-order valence-electron chi connectivity index (χ1n) is 10.5. The Labute approximate surface area is 200 Å². The van der Waals surface area contributed by atoms with Crippen LogP contribution in [0.15, 0.2) is 64.2 Å².